The van der Waals surface area contributed by atoms with Crippen LogP contribution in [-0.2, 0) is 16.0 Å². The number of aromatic nitrogens is 1. The van der Waals surface area contributed by atoms with E-state index in [1.165, 1.54) is 42.1 Å². The van der Waals surface area contributed by atoms with E-state index in [4.69, 9.17) is 25.2 Å². The van der Waals surface area contributed by atoms with Gasteiger partial charge in [-0.2, -0.15) is 0 Å². The van der Waals surface area contributed by atoms with Crippen molar-refractivity contribution < 1.29 is 23.2 Å². The van der Waals surface area contributed by atoms with Crippen LogP contribution in [0.3, 0.4) is 0 Å². The topological polar surface area (TPSA) is 74.6 Å². The average Bonchev–Trinajstić information content (AvgIpc) is 2.81. The molecule has 0 saturated heterocycles. The summed E-state index contributed by atoms with van der Waals surface area (Å²) in [4.78, 5) is 39.3. The minimum Gasteiger partial charge on any atom is -0.495 e. The zero-order chi connectivity index (χ0) is 27.5. The molecule has 0 aliphatic heterocycles. The highest BCUT2D eigenvalue weighted by atomic mass is 35.5. The zero-order valence-electron chi connectivity index (χ0n) is 22.4. The normalized spacial score (nSPS) is 13.9. The van der Waals surface area contributed by atoms with E-state index in [0.717, 1.165) is 5.56 Å². The Balaban J connectivity index is 2.19. The van der Waals surface area contributed by atoms with Gasteiger partial charge in [0, 0.05) is 32.7 Å². The first-order chi connectivity index (χ1) is 17.2. The second-order valence-corrected chi connectivity index (χ2v) is 9.20. The molecule has 1 unspecified atom stereocenters. The number of pyridine rings is 1. The largest absolute Gasteiger partial charge is 0.495 e. The van der Waals surface area contributed by atoms with Gasteiger partial charge >= 0.3 is 5.97 Å². The van der Waals surface area contributed by atoms with Gasteiger partial charge in [0.1, 0.15) is 17.4 Å². The lowest BCUT2D eigenvalue weighted by molar-refractivity contribution is -0.159. The van der Waals surface area contributed by atoms with Crippen molar-refractivity contribution in [2.75, 3.05) is 7.11 Å². The number of benzene rings is 2. The quantitative estimate of drug-likeness (QED) is 0.326. The van der Waals surface area contributed by atoms with E-state index in [2.05, 4.69) is 0 Å². The van der Waals surface area contributed by atoms with Crippen molar-refractivity contribution in [3.63, 3.8) is 0 Å². The van der Waals surface area contributed by atoms with E-state index < -0.39 is 35.8 Å². The minimum atomic E-state index is -2.90. The van der Waals surface area contributed by atoms with Gasteiger partial charge in [-0.3, -0.25) is 14.2 Å². The van der Waals surface area contributed by atoms with Crippen molar-refractivity contribution in [2.45, 2.75) is 45.7 Å². The Kier molecular flexibility index (Phi) is 6.39. The third kappa shape index (κ3) is 5.94. The summed E-state index contributed by atoms with van der Waals surface area (Å²) in [7, 11) is 1.36. The van der Waals surface area contributed by atoms with E-state index in [-0.39, 0.29) is 33.9 Å². The van der Waals surface area contributed by atoms with Crippen LogP contribution in [0.5, 0.6) is 5.75 Å². The number of carbonyl (C=O) groups is 2. The smallest absolute Gasteiger partial charge is 0.330 e. The summed E-state index contributed by atoms with van der Waals surface area (Å²) in [6, 6.07) is 13.5. The molecule has 2 aromatic carbocycles. The third-order valence-corrected chi connectivity index (χ3v) is 5.30. The monoisotopic (exact) mass is 484 g/mol. The van der Waals surface area contributed by atoms with Crippen LogP contribution in [0.15, 0.2) is 65.6 Å². The number of hydrogen-bond donors (Lipinski definition) is 0. The molecule has 6 nitrogen and oxygen atoms in total. The van der Waals surface area contributed by atoms with Crippen LogP contribution in [0.1, 0.15) is 53.7 Å². The van der Waals surface area contributed by atoms with Crippen LogP contribution in [0.2, 0.25) is 5.02 Å². The first-order valence-electron chi connectivity index (χ1n) is 12.1. The Morgan fingerprint density at radius 2 is 1.79 bits per heavy atom. The predicted octanol–water partition coefficient (Wildman–Crippen LogP) is 5.51. The fourth-order valence-electron chi connectivity index (χ4n) is 3.59. The number of ether oxygens (including phenoxy) is 2. The third-order valence-electron chi connectivity index (χ3n) is 5.07. The molecule has 1 aromatic heterocycles. The maximum absolute atomic E-state index is 13.4. The van der Waals surface area contributed by atoms with Crippen LogP contribution in [-0.4, -0.2) is 29.0 Å². The molecule has 0 saturated carbocycles. The summed E-state index contributed by atoms with van der Waals surface area (Å²) in [5.41, 5.74) is -0.380. The van der Waals surface area contributed by atoms with Gasteiger partial charge in [0.15, 0.2) is 5.78 Å². The molecule has 0 N–H and O–H groups in total. The summed E-state index contributed by atoms with van der Waals surface area (Å²) in [5.74, 6) is -1.56. The van der Waals surface area contributed by atoms with Crippen molar-refractivity contribution in [2.24, 2.45) is 0 Å². The number of carbonyl (C=O) groups excluding carboxylic acids is 2. The SMILES string of the molecule is [2H]C([2H])([2H])C(=O)c1ccc(Cl)cc1-c1cc(=O)n(C(Cc2ccccc2)C(=O)OC(C)(C)C)cc1OC. The molecule has 34 heavy (non-hydrogen) atoms. The molecular weight excluding hydrogens is 454 g/mol. The maximum Gasteiger partial charge on any atom is 0.330 e. The van der Waals surface area contributed by atoms with Crippen LogP contribution in [0, 0.1) is 0 Å². The van der Waals surface area contributed by atoms with Gasteiger partial charge in [-0.15, -0.1) is 0 Å². The summed E-state index contributed by atoms with van der Waals surface area (Å²) in [6.07, 6.45) is 1.54. The fraction of sp³-hybridized carbons (Fsp3) is 0.296. The molecule has 3 aromatic rings. The van der Waals surface area contributed by atoms with Crippen LogP contribution < -0.4 is 10.3 Å². The average molecular weight is 485 g/mol. The molecule has 3 rings (SSSR count). The summed E-state index contributed by atoms with van der Waals surface area (Å²) in [6.45, 7) is 2.31. The molecule has 0 amide bonds. The second kappa shape index (κ2) is 10.3. The molecule has 0 fully saturated rings. The first-order valence-corrected chi connectivity index (χ1v) is 11.0. The van der Waals surface area contributed by atoms with E-state index in [0.29, 0.717) is 0 Å². The van der Waals surface area contributed by atoms with Gasteiger partial charge < -0.3 is 9.47 Å². The number of hydrogen-bond acceptors (Lipinski definition) is 5. The number of nitrogens with zero attached hydrogens (tertiary/aromatic N) is 1. The van der Waals surface area contributed by atoms with Crippen molar-refractivity contribution in [3.05, 3.63) is 87.3 Å². The van der Waals surface area contributed by atoms with Gasteiger partial charge in [0.25, 0.3) is 5.56 Å². The Labute approximate surface area is 208 Å². The molecule has 1 heterocycles. The van der Waals surface area contributed by atoms with Crippen molar-refractivity contribution in [1.29, 1.82) is 0 Å². The standard InChI is InChI=1S/C27H28ClNO5/c1-17(30)20-12-11-19(28)14-21(20)22-15-25(31)29(16-24(22)33-5)23(26(32)34-27(2,3)4)13-18-9-7-6-8-10-18/h6-12,14-16,23H,13H2,1-5H3/i1D3. The Hall–Kier alpha value is -3.38. The lowest BCUT2D eigenvalue weighted by Crippen LogP contribution is -2.36. The zero-order valence-corrected chi connectivity index (χ0v) is 20.2. The number of esters is 1. The summed E-state index contributed by atoms with van der Waals surface area (Å²) < 4.78 is 35.0. The highest BCUT2D eigenvalue weighted by Gasteiger charge is 2.29. The molecule has 0 radical (unpaired) electrons. The van der Waals surface area contributed by atoms with E-state index >= 15 is 0 Å². The molecular formula is C27H28ClNO5. The highest BCUT2D eigenvalue weighted by molar-refractivity contribution is 6.31. The Morgan fingerprint density at radius 1 is 1.09 bits per heavy atom. The van der Waals surface area contributed by atoms with Crippen molar-refractivity contribution in [3.8, 4) is 16.9 Å². The molecule has 0 aliphatic rings. The van der Waals surface area contributed by atoms with Gasteiger partial charge in [-0.1, -0.05) is 41.9 Å². The number of Topliss-reactive ketones (excluding diaryl/α,β-unsaturated/α-hetero) is 1. The number of methoxy groups -OCH3 is 1. The summed E-state index contributed by atoms with van der Waals surface area (Å²) >= 11 is 6.16. The minimum absolute atomic E-state index is 0.131. The second-order valence-electron chi connectivity index (χ2n) is 8.76. The number of ketones is 1. The van der Waals surface area contributed by atoms with Crippen LogP contribution >= 0.6 is 11.6 Å². The molecule has 178 valence electrons. The first kappa shape index (κ1) is 21.2. The summed E-state index contributed by atoms with van der Waals surface area (Å²) in [5, 5.41) is 0.235. The predicted molar refractivity (Wildman–Crippen MR) is 133 cm³/mol. The lowest BCUT2D eigenvalue weighted by Gasteiger charge is -2.26. The number of halogens is 1. The van der Waals surface area contributed by atoms with Crippen molar-refractivity contribution in [1.82, 2.24) is 4.57 Å². The lowest BCUT2D eigenvalue weighted by atomic mass is 9.97. The van der Waals surface area contributed by atoms with Crippen LogP contribution in [0.25, 0.3) is 11.1 Å². The maximum atomic E-state index is 13.4. The van der Waals surface area contributed by atoms with Gasteiger partial charge in [-0.25, -0.2) is 4.79 Å². The van der Waals surface area contributed by atoms with Gasteiger partial charge in [0.2, 0.25) is 0 Å². The Bertz CT molecular complexity index is 1360. The number of rotatable bonds is 7. The molecule has 7 heteroatoms. The van der Waals surface area contributed by atoms with Crippen molar-refractivity contribution >= 4 is 23.4 Å². The highest BCUT2D eigenvalue weighted by Crippen LogP contribution is 2.34. The van der Waals surface area contributed by atoms with E-state index in [1.807, 2.05) is 30.3 Å². The van der Waals surface area contributed by atoms with E-state index in [1.54, 1.807) is 20.8 Å². The molecule has 1 atom stereocenters. The van der Waals surface area contributed by atoms with Gasteiger partial charge in [0.05, 0.1) is 13.3 Å². The molecule has 0 bridgehead atoms. The van der Waals surface area contributed by atoms with E-state index in [9.17, 15) is 14.4 Å². The van der Waals surface area contributed by atoms with Gasteiger partial charge in [-0.05, 0) is 56.9 Å². The molecule has 0 aliphatic carbocycles. The fourth-order valence-corrected chi connectivity index (χ4v) is 3.76. The Morgan fingerprint density at radius 3 is 2.41 bits per heavy atom. The van der Waals surface area contributed by atoms with Crippen LogP contribution in [0.4, 0.5) is 0 Å². The molecule has 0 spiro atoms.